The van der Waals surface area contributed by atoms with Crippen LogP contribution in [0.25, 0.3) is 0 Å². The molecule has 1 unspecified atom stereocenters. The van der Waals surface area contributed by atoms with E-state index in [9.17, 15) is 24.6 Å². The molecule has 11 nitrogen and oxygen atoms in total. The van der Waals surface area contributed by atoms with Crippen molar-refractivity contribution in [3.8, 4) is 28.7 Å². The number of aryl methyl sites for hydroxylation is 4. The maximum Gasteiger partial charge on any atom is 0.530 e. The molecule has 0 heterocycles. The van der Waals surface area contributed by atoms with Gasteiger partial charge in [-0.15, -0.1) is 0 Å². The lowest BCUT2D eigenvalue weighted by molar-refractivity contribution is -0.116. The van der Waals surface area contributed by atoms with Crippen LogP contribution < -0.4 is 29.5 Å². The van der Waals surface area contributed by atoms with E-state index in [1.165, 1.54) is 11.1 Å². The molecule has 3 amide bonds. The summed E-state index contributed by atoms with van der Waals surface area (Å²) in [4.78, 5) is 39.5. The van der Waals surface area contributed by atoms with Gasteiger partial charge in [-0.2, -0.15) is 0 Å². The van der Waals surface area contributed by atoms with Crippen molar-refractivity contribution in [1.82, 2.24) is 0 Å². The zero-order chi connectivity index (χ0) is 52.0. The predicted octanol–water partition coefficient (Wildman–Crippen LogP) is 13.9. The molecular formula is C59H70N3O8P. The summed E-state index contributed by atoms with van der Waals surface area (Å²) >= 11 is 0. The van der Waals surface area contributed by atoms with E-state index in [-0.39, 0.29) is 64.7 Å². The first kappa shape index (κ1) is 53.5. The van der Waals surface area contributed by atoms with Crippen molar-refractivity contribution in [2.24, 2.45) is 0 Å². The molecule has 0 saturated heterocycles. The van der Waals surface area contributed by atoms with Crippen molar-refractivity contribution in [3.63, 3.8) is 0 Å². The lowest BCUT2D eigenvalue weighted by Crippen LogP contribution is -2.17. The van der Waals surface area contributed by atoms with Crippen LogP contribution in [0.3, 0.4) is 0 Å². The third-order valence-corrected chi connectivity index (χ3v) is 13.3. The van der Waals surface area contributed by atoms with Crippen molar-refractivity contribution >= 4 is 43.4 Å². The summed E-state index contributed by atoms with van der Waals surface area (Å²) in [7, 11) is -2.12. The van der Waals surface area contributed by atoms with Crippen LogP contribution in [0.2, 0.25) is 0 Å². The number of rotatable bonds is 16. The first-order valence-corrected chi connectivity index (χ1v) is 25.1. The van der Waals surface area contributed by atoms with Gasteiger partial charge in [0.15, 0.2) is 0 Å². The van der Waals surface area contributed by atoms with E-state index in [0.29, 0.717) is 40.7 Å². The number of amides is 3. The van der Waals surface area contributed by atoms with Gasteiger partial charge >= 0.3 is 8.60 Å². The third-order valence-electron chi connectivity index (χ3n) is 12.2. The molecule has 0 spiro atoms. The topological polar surface area (TPSA) is 155 Å². The molecule has 0 aliphatic carbocycles. The van der Waals surface area contributed by atoms with Crippen molar-refractivity contribution < 1.29 is 38.2 Å². The highest BCUT2D eigenvalue weighted by molar-refractivity contribution is 7.43. The summed E-state index contributed by atoms with van der Waals surface area (Å²) in [5.74, 6) is 1.32. The highest BCUT2D eigenvalue weighted by atomic mass is 31.2. The summed E-state index contributed by atoms with van der Waals surface area (Å²) in [6.07, 6.45) is 1.13. The van der Waals surface area contributed by atoms with Gasteiger partial charge in [-0.1, -0.05) is 98.7 Å². The molecule has 6 rings (SSSR count). The van der Waals surface area contributed by atoms with E-state index in [4.69, 9.17) is 13.6 Å². The molecule has 0 aliphatic heterocycles. The average molecular weight is 980 g/mol. The third kappa shape index (κ3) is 14.8. The minimum atomic E-state index is -2.12. The highest BCUT2D eigenvalue weighted by Crippen LogP contribution is 2.43. The molecule has 6 aromatic rings. The summed E-state index contributed by atoms with van der Waals surface area (Å²) in [6.45, 7) is 26.7. The van der Waals surface area contributed by atoms with Gasteiger partial charge in [-0.25, -0.2) is 0 Å². The lowest BCUT2D eigenvalue weighted by atomic mass is 9.81. The molecule has 5 N–H and O–H groups in total. The Morgan fingerprint density at radius 1 is 0.451 bits per heavy atom. The van der Waals surface area contributed by atoms with Crippen molar-refractivity contribution in [2.75, 3.05) is 16.0 Å². The van der Waals surface area contributed by atoms with Crippen LogP contribution in [0.5, 0.6) is 28.7 Å². The van der Waals surface area contributed by atoms with E-state index in [0.717, 1.165) is 44.5 Å². The van der Waals surface area contributed by atoms with E-state index < -0.39 is 8.60 Å². The summed E-state index contributed by atoms with van der Waals surface area (Å²) in [5.41, 5.74) is 10.7. The number of nitrogens with one attached hydrogen (secondary N) is 3. The van der Waals surface area contributed by atoms with Crippen LogP contribution in [-0.2, 0) is 49.9 Å². The minimum Gasteiger partial charge on any atom is -0.507 e. The fourth-order valence-electron chi connectivity index (χ4n) is 8.29. The molecule has 6 aromatic carbocycles. The molecule has 374 valence electrons. The summed E-state index contributed by atoms with van der Waals surface area (Å²) < 4.78 is 18.9. The standard InChI is InChI=1S/C59H70N3O8P/c1-36-28-41(32-49(39(36)4)57(5,6)7)34-53(64)61-44-17-23-47(24-18-44)69-71(70-48-25-19-45(20-26-48)62-54(65)35-42-30-38(3)56(67)51(33-42)59(11,12)13)68-46-21-15-43(16-22-46)60-52(63)27-14-40-29-37(2)55(66)50(31-40)58(8,9)10/h15-26,28-33,66-67H,14,27,34-35H2,1-13H3,(H,60,63)(H,61,64)(H,62,65). The molecule has 12 heteroatoms. The minimum absolute atomic E-state index is 0.0492. The zero-order valence-electron chi connectivity index (χ0n) is 43.5. The SMILES string of the molecule is Cc1cc(CC(=O)Nc2ccc(OP(Oc3ccc(NC(=O)CCc4cc(C)c(O)c(C(C)(C)C)c4)cc3)Oc3ccc(NC(=O)Cc4cc(C)c(O)c(C(C)(C)C)c4)cc3)cc2)cc(C(C)(C)C)c1C. The highest BCUT2D eigenvalue weighted by Gasteiger charge is 2.24. The number of hydrogen-bond donors (Lipinski definition) is 5. The van der Waals surface area contributed by atoms with E-state index in [1.54, 1.807) is 72.8 Å². The molecule has 1 atom stereocenters. The monoisotopic (exact) mass is 979 g/mol. The molecule has 0 aliphatic rings. The molecular weight excluding hydrogens is 910 g/mol. The molecule has 0 saturated carbocycles. The van der Waals surface area contributed by atoms with E-state index >= 15 is 0 Å². The van der Waals surface area contributed by atoms with Crippen LogP contribution in [0.4, 0.5) is 17.1 Å². The van der Waals surface area contributed by atoms with Crippen LogP contribution in [0.15, 0.2) is 109 Å². The normalized spacial score (nSPS) is 12.2. The maximum atomic E-state index is 13.2. The van der Waals surface area contributed by atoms with Gasteiger partial charge in [0.2, 0.25) is 17.7 Å². The van der Waals surface area contributed by atoms with Gasteiger partial charge in [0, 0.05) is 23.5 Å². The number of phenolic OH excluding ortho intramolecular Hbond substituents is 2. The van der Waals surface area contributed by atoms with Crippen LogP contribution in [-0.4, -0.2) is 27.9 Å². The van der Waals surface area contributed by atoms with Crippen molar-refractivity contribution in [2.45, 2.75) is 132 Å². The lowest BCUT2D eigenvalue weighted by Gasteiger charge is -2.24. The first-order chi connectivity index (χ1) is 33.2. The smallest absolute Gasteiger partial charge is 0.507 e. The van der Waals surface area contributed by atoms with Crippen molar-refractivity contribution in [3.05, 3.63) is 165 Å². The molecule has 0 bridgehead atoms. The Balaban J connectivity index is 1.13. The molecule has 0 aromatic heterocycles. The quantitative estimate of drug-likeness (QED) is 0.0601. The van der Waals surface area contributed by atoms with Gasteiger partial charge < -0.3 is 39.7 Å². The maximum absolute atomic E-state index is 13.2. The average Bonchev–Trinajstić information content (AvgIpc) is 3.27. The fraction of sp³-hybridized carbons (Fsp3) is 0.339. The second-order valence-corrected chi connectivity index (χ2v) is 22.5. The number of carbonyl (C=O) groups is 3. The Morgan fingerprint density at radius 2 is 0.775 bits per heavy atom. The number of aromatic hydroxyl groups is 2. The van der Waals surface area contributed by atoms with Crippen molar-refractivity contribution in [1.29, 1.82) is 0 Å². The van der Waals surface area contributed by atoms with E-state index in [1.807, 2.05) is 58.9 Å². The molecule has 0 fully saturated rings. The second-order valence-electron chi connectivity index (χ2n) is 21.5. The number of anilines is 3. The zero-order valence-corrected chi connectivity index (χ0v) is 44.4. The van der Waals surface area contributed by atoms with Gasteiger partial charge in [0.1, 0.15) is 28.7 Å². The van der Waals surface area contributed by atoms with Gasteiger partial charge in [-0.05, 0) is 179 Å². The van der Waals surface area contributed by atoms with Crippen LogP contribution in [0, 0.1) is 27.7 Å². The number of carbonyl (C=O) groups excluding carboxylic acids is 3. The Labute approximate surface area is 421 Å². The van der Waals surface area contributed by atoms with Gasteiger partial charge in [-0.3, -0.25) is 14.4 Å². The van der Waals surface area contributed by atoms with Crippen LogP contribution >= 0.6 is 8.60 Å². The number of benzene rings is 6. The van der Waals surface area contributed by atoms with E-state index in [2.05, 4.69) is 83.5 Å². The molecule has 71 heavy (non-hydrogen) atoms. The van der Waals surface area contributed by atoms with Crippen LogP contribution in [0.1, 0.15) is 124 Å². The summed E-state index contributed by atoms with van der Waals surface area (Å²) in [6, 6.07) is 32.6. The molecule has 0 radical (unpaired) electrons. The predicted molar refractivity (Wildman–Crippen MR) is 287 cm³/mol. The van der Waals surface area contributed by atoms with Gasteiger partial charge in [0.25, 0.3) is 0 Å². The largest absolute Gasteiger partial charge is 0.530 e. The Hall–Kier alpha value is -6.84. The second kappa shape index (κ2) is 22.1. The first-order valence-electron chi connectivity index (χ1n) is 24.0. The Kier molecular flexibility index (Phi) is 16.6. The fourth-order valence-corrected chi connectivity index (χ4v) is 9.28. The number of hydrogen-bond acceptors (Lipinski definition) is 8. The Morgan fingerprint density at radius 3 is 1.15 bits per heavy atom. The Bertz CT molecular complexity index is 2740. The van der Waals surface area contributed by atoms with Gasteiger partial charge in [0.05, 0.1) is 12.8 Å². The number of phenols is 2. The summed E-state index contributed by atoms with van der Waals surface area (Å²) in [5, 5.41) is 30.2.